The maximum atomic E-state index is 13.7. The van der Waals surface area contributed by atoms with Crippen LogP contribution in [-0.2, 0) is 11.3 Å². The predicted molar refractivity (Wildman–Crippen MR) is 89.6 cm³/mol. The molecule has 132 valence electrons. The SMILES string of the molecule is O=C(c1ccco1)N1CCN2C[C@H](OCc3ccccc3F)C[C@H]2C1. The Morgan fingerprint density at radius 1 is 1.20 bits per heavy atom. The molecular formula is C19H21FN2O3. The Morgan fingerprint density at radius 3 is 2.88 bits per heavy atom. The minimum absolute atomic E-state index is 0.0552. The van der Waals surface area contributed by atoms with Gasteiger partial charge in [-0.3, -0.25) is 9.69 Å². The molecule has 2 aliphatic rings. The number of furan rings is 1. The summed E-state index contributed by atoms with van der Waals surface area (Å²) in [5.41, 5.74) is 0.585. The van der Waals surface area contributed by atoms with Crippen LogP contribution in [-0.4, -0.2) is 54.0 Å². The third-order valence-electron chi connectivity index (χ3n) is 5.03. The van der Waals surface area contributed by atoms with Crippen molar-refractivity contribution in [2.45, 2.75) is 25.2 Å². The first kappa shape index (κ1) is 16.3. The van der Waals surface area contributed by atoms with Gasteiger partial charge in [0, 0.05) is 37.8 Å². The smallest absolute Gasteiger partial charge is 0.289 e. The number of carbonyl (C=O) groups excluding carboxylic acids is 1. The molecule has 0 radical (unpaired) electrons. The van der Waals surface area contributed by atoms with Crippen LogP contribution in [0.15, 0.2) is 47.1 Å². The fourth-order valence-corrected chi connectivity index (χ4v) is 3.68. The molecule has 1 aromatic carbocycles. The zero-order valence-corrected chi connectivity index (χ0v) is 13.9. The van der Waals surface area contributed by atoms with Gasteiger partial charge in [-0.25, -0.2) is 4.39 Å². The molecule has 0 bridgehead atoms. The van der Waals surface area contributed by atoms with Gasteiger partial charge in [-0.15, -0.1) is 0 Å². The summed E-state index contributed by atoms with van der Waals surface area (Å²) in [6.45, 7) is 3.32. The Bertz CT molecular complexity index is 734. The monoisotopic (exact) mass is 344 g/mol. The Hall–Kier alpha value is -2.18. The number of carbonyl (C=O) groups is 1. The summed E-state index contributed by atoms with van der Waals surface area (Å²) < 4.78 is 24.8. The summed E-state index contributed by atoms with van der Waals surface area (Å²) in [6, 6.07) is 10.4. The van der Waals surface area contributed by atoms with Gasteiger partial charge in [0.25, 0.3) is 5.91 Å². The number of benzene rings is 1. The molecular weight excluding hydrogens is 323 g/mol. The molecule has 2 atom stereocenters. The molecule has 0 spiro atoms. The highest BCUT2D eigenvalue weighted by molar-refractivity contribution is 5.91. The molecule has 0 unspecified atom stereocenters. The normalized spacial score (nSPS) is 23.6. The molecule has 0 saturated carbocycles. The first-order valence-corrected chi connectivity index (χ1v) is 8.62. The average molecular weight is 344 g/mol. The highest BCUT2D eigenvalue weighted by Crippen LogP contribution is 2.26. The van der Waals surface area contributed by atoms with E-state index >= 15 is 0 Å². The first-order chi connectivity index (χ1) is 12.2. The van der Waals surface area contributed by atoms with E-state index in [-0.39, 0.29) is 24.4 Å². The predicted octanol–water partition coefficient (Wildman–Crippen LogP) is 2.53. The van der Waals surface area contributed by atoms with Crippen LogP contribution in [0.4, 0.5) is 4.39 Å². The Kier molecular flexibility index (Phi) is 4.55. The van der Waals surface area contributed by atoms with Crippen LogP contribution in [0, 0.1) is 5.82 Å². The van der Waals surface area contributed by atoms with Crippen LogP contribution in [0.2, 0.25) is 0 Å². The van der Waals surface area contributed by atoms with Crippen LogP contribution >= 0.6 is 0 Å². The molecule has 2 aromatic rings. The van der Waals surface area contributed by atoms with Crippen molar-refractivity contribution in [2.75, 3.05) is 26.2 Å². The molecule has 0 N–H and O–H groups in total. The lowest BCUT2D eigenvalue weighted by atomic mass is 10.1. The molecule has 2 aliphatic heterocycles. The number of ether oxygens (including phenoxy) is 1. The van der Waals surface area contributed by atoms with E-state index < -0.39 is 0 Å². The molecule has 2 saturated heterocycles. The van der Waals surface area contributed by atoms with Gasteiger partial charge in [-0.1, -0.05) is 18.2 Å². The van der Waals surface area contributed by atoms with Gasteiger partial charge in [0.15, 0.2) is 5.76 Å². The second-order valence-corrected chi connectivity index (χ2v) is 6.64. The molecule has 4 rings (SSSR count). The minimum atomic E-state index is -0.228. The van der Waals surface area contributed by atoms with Crippen LogP contribution in [0.25, 0.3) is 0 Å². The van der Waals surface area contributed by atoms with E-state index in [1.165, 1.54) is 12.3 Å². The van der Waals surface area contributed by atoms with E-state index in [1.54, 1.807) is 24.3 Å². The molecule has 5 nitrogen and oxygen atoms in total. The quantitative estimate of drug-likeness (QED) is 0.855. The molecule has 1 aromatic heterocycles. The second kappa shape index (κ2) is 6.98. The standard InChI is InChI=1S/C19H21FN2O3/c20-17-5-2-1-4-14(17)13-25-16-10-15-11-22(8-7-21(15)12-16)19(23)18-6-3-9-24-18/h1-6,9,15-16H,7-8,10-13H2/t15-,16+/m0/s1. The number of halogens is 1. The summed E-state index contributed by atoms with van der Waals surface area (Å²) in [5.74, 6) is 0.104. The Morgan fingerprint density at radius 2 is 2.08 bits per heavy atom. The highest BCUT2D eigenvalue weighted by atomic mass is 19.1. The van der Waals surface area contributed by atoms with Crippen LogP contribution < -0.4 is 0 Å². The van der Waals surface area contributed by atoms with Crippen molar-refractivity contribution >= 4 is 5.91 Å². The van der Waals surface area contributed by atoms with Gasteiger partial charge in [-0.05, 0) is 24.6 Å². The van der Waals surface area contributed by atoms with Crippen LogP contribution in [0.1, 0.15) is 22.5 Å². The average Bonchev–Trinajstić information content (AvgIpc) is 3.29. The van der Waals surface area contributed by atoms with Gasteiger partial charge in [0.1, 0.15) is 5.82 Å². The number of nitrogens with zero attached hydrogens (tertiary/aromatic N) is 2. The summed E-state index contributed by atoms with van der Waals surface area (Å²) >= 11 is 0. The molecule has 3 heterocycles. The van der Waals surface area contributed by atoms with Gasteiger partial charge < -0.3 is 14.1 Å². The van der Waals surface area contributed by atoms with E-state index in [9.17, 15) is 9.18 Å². The molecule has 1 amide bonds. The molecule has 2 fully saturated rings. The van der Waals surface area contributed by atoms with Crippen molar-refractivity contribution in [1.82, 2.24) is 9.80 Å². The summed E-state index contributed by atoms with van der Waals surface area (Å²) in [5, 5.41) is 0. The van der Waals surface area contributed by atoms with E-state index in [0.29, 0.717) is 30.5 Å². The number of hydrogen-bond donors (Lipinski definition) is 0. The topological polar surface area (TPSA) is 45.9 Å². The largest absolute Gasteiger partial charge is 0.459 e. The molecule has 0 aliphatic carbocycles. The van der Waals surface area contributed by atoms with Crippen molar-refractivity contribution in [3.8, 4) is 0 Å². The lowest BCUT2D eigenvalue weighted by Gasteiger charge is -2.36. The lowest BCUT2D eigenvalue weighted by molar-refractivity contribution is 0.0434. The molecule has 6 heteroatoms. The Balaban J connectivity index is 1.33. The molecule has 25 heavy (non-hydrogen) atoms. The number of fused-ring (bicyclic) bond motifs is 1. The van der Waals surface area contributed by atoms with Gasteiger partial charge in [0.05, 0.1) is 19.0 Å². The fourth-order valence-electron chi connectivity index (χ4n) is 3.68. The number of hydrogen-bond acceptors (Lipinski definition) is 4. The van der Waals surface area contributed by atoms with Gasteiger partial charge in [-0.2, -0.15) is 0 Å². The van der Waals surface area contributed by atoms with Crippen LogP contribution in [0.5, 0.6) is 0 Å². The minimum Gasteiger partial charge on any atom is -0.459 e. The van der Waals surface area contributed by atoms with Crippen molar-refractivity contribution in [3.63, 3.8) is 0 Å². The van der Waals surface area contributed by atoms with Crippen LogP contribution in [0.3, 0.4) is 0 Å². The number of rotatable bonds is 4. The van der Waals surface area contributed by atoms with Crippen molar-refractivity contribution in [2.24, 2.45) is 0 Å². The third-order valence-corrected chi connectivity index (χ3v) is 5.03. The zero-order valence-electron chi connectivity index (χ0n) is 13.9. The van der Waals surface area contributed by atoms with E-state index in [2.05, 4.69) is 4.90 Å². The lowest BCUT2D eigenvalue weighted by Crippen LogP contribution is -2.52. The zero-order chi connectivity index (χ0) is 17.2. The maximum Gasteiger partial charge on any atom is 0.289 e. The van der Waals surface area contributed by atoms with Gasteiger partial charge >= 0.3 is 0 Å². The Labute approximate surface area is 146 Å². The van der Waals surface area contributed by atoms with E-state index in [1.807, 2.05) is 11.0 Å². The third kappa shape index (κ3) is 3.45. The first-order valence-electron chi connectivity index (χ1n) is 8.62. The number of piperazine rings is 1. The van der Waals surface area contributed by atoms with Crippen molar-refractivity contribution in [1.29, 1.82) is 0 Å². The van der Waals surface area contributed by atoms with Crippen molar-refractivity contribution in [3.05, 3.63) is 59.8 Å². The summed E-state index contributed by atoms with van der Waals surface area (Å²) in [7, 11) is 0. The highest BCUT2D eigenvalue weighted by Gasteiger charge is 2.38. The summed E-state index contributed by atoms with van der Waals surface area (Å²) in [4.78, 5) is 16.6. The van der Waals surface area contributed by atoms with E-state index in [0.717, 1.165) is 19.5 Å². The number of amides is 1. The van der Waals surface area contributed by atoms with Crippen molar-refractivity contribution < 1.29 is 18.3 Å². The summed E-state index contributed by atoms with van der Waals surface area (Å²) in [6.07, 6.45) is 2.45. The second-order valence-electron chi connectivity index (χ2n) is 6.64. The van der Waals surface area contributed by atoms with Gasteiger partial charge in [0.2, 0.25) is 0 Å². The maximum absolute atomic E-state index is 13.7. The van der Waals surface area contributed by atoms with E-state index in [4.69, 9.17) is 9.15 Å². The fraction of sp³-hybridized carbons (Fsp3) is 0.421.